The molecule has 2 aromatic rings. The molecular formula is C20H24N2O5. The number of ether oxygens (including phenoxy) is 3. The lowest BCUT2D eigenvalue weighted by Crippen LogP contribution is -2.29. The Balaban J connectivity index is 1.99. The Morgan fingerprint density at radius 2 is 1.81 bits per heavy atom. The molecule has 2 rings (SSSR count). The minimum absolute atomic E-state index is 0.209. The fraction of sp³-hybridized carbons (Fsp3) is 0.300. The molecule has 0 aliphatic rings. The van der Waals surface area contributed by atoms with Crippen molar-refractivity contribution < 1.29 is 23.8 Å². The van der Waals surface area contributed by atoms with Gasteiger partial charge in [0.25, 0.3) is 11.8 Å². The molecule has 0 unspecified atom stereocenters. The van der Waals surface area contributed by atoms with Gasteiger partial charge in [-0.2, -0.15) is 0 Å². The van der Waals surface area contributed by atoms with E-state index in [0.717, 1.165) is 5.56 Å². The third kappa shape index (κ3) is 6.00. The molecule has 2 amide bonds. The minimum atomic E-state index is -0.380. The molecule has 0 aromatic heterocycles. The van der Waals surface area contributed by atoms with E-state index >= 15 is 0 Å². The first kappa shape index (κ1) is 20.3. The number of anilines is 1. The summed E-state index contributed by atoms with van der Waals surface area (Å²) in [6.45, 7) is 2.52. The molecule has 0 radical (unpaired) electrons. The molecule has 7 heteroatoms. The van der Waals surface area contributed by atoms with Gasteiger partial charge in [0, 0.05) is 13.7 Å². The van der Waals surface area contributed by atoms with Gasteiger partial charge in [0.2, 0.25) is 0 Å². The van der Waals surface area contributed by atoms with E-state index in [4.69, 9.17) is 14.2 Å². The second-order valence-corrected chi connectivity index (χ2v) is 5.79. The summed E-state index contributed by atoms with van der Waals surface area (Å²) in [5, 5.41) is 5.43. The Hall–Kier alpha value is -3.06. The lowest BCUT2D eigenvalue weighted by molar-refractivity contribution is -0.118. The van der Waals surface area contributed by atoms with E-state index in [1.165, 1.54) is 0 Å². The Kier molecular flexibility index (Phi) is 7.63. The van der Waals surface area contributed by atoms with Gasteiger partial charge in [-0.25, -0.2) is 0 Å². The van der Waals surface area contributed by atoms with Crippen molar-refractivity contribution in [1.29, 1.82) is 0 Å². The summed E-state index contributed by atoms with van der Waals surface area (Å²) >= 11 is 0. The maximum absolute atomic E-state index is 12.3. The lowest BCUT2D eigenvalue weighted by Gasteiger charge is -2.13. The zero-order valence-corrected chi connectivity index (χ0v) is 15.7. The van der Waals surface area contributed by atoms with Gasteiger partial charge < -0.3 is 24.8 Å². The van der Waals surface area contributed by atoms with E-state index in [-0.39, 0.29) is 18.4 Å². The third-order valence-corrected chi connectivity index (χ3v) is 3.72. The van der Waals surface area contributed by atoms with E-state index < -0.39 is 0 Å². The van der Waals surface area contributed by atoms with Gasteiger partial charge in [-0.05, 0) is 36.8 Å². The number of amides is 2. The van der Waals surface area contributed by atoms with Crippen molar-refractivity contribution in [2.24, 2.45) is 0 Å². The predicted molar refractivity (Wildman–Crippen MR) is 103 cm³/mol. The van der Waals surface area contributed by atoms with Crippen LogP contribution in [0.1, 0.15) is 15.9 Å². The Labute approximate surface area is 158 Å². The number of hydrogen-bond donors (Lipinski definition) is 2. The summed E-state index contributed by atoms with van der Waals surface area (Å²) in [5.41, 5.74) is 1.81. The van der Waals surface area contributed by atoms with Crippen molar-refractivity contribution in [3.8, 4) is 11.5 Å². The van der Waals surface area contributed by atoms with Crippen LogP contribution in [-0.4, -0.2) is 45.8 Å². The van der Waals surface area contributed by atoms with Crippen LogP contribution in [0.5, 0.6) is 11.5 Å². The predicted octanol–water partition coefficient (Wildman–Crippen LogP) is 2.40. The maximum atomic E-state index is 12.3. The van der Waals surface area contributed by atoms with E-state index in [0.29, 0.717) is 35.9 Å². The third-order valence-electron chi connectivity index (χ3n) is 3.72. The molecule has 2 aromatic carbocycles. The summed E-state index contributed by atoms with van der Waals surface area (Å²) in [4.78, 5) is 24.5. The highest BCUT2D eigenvalue weighted by atomic mass is 16.5. The smallest absolute Gasteiger partial charge is 0.262 e. The van der Waals surface area contributed by atoms with Crippen LogP contribution < -0.4 is 20.1 Å². The summed E-state index contributed by atoms with van der Waals surface area (Å²) in [5.74, 6) is 0.364. The fourth-order valence-electron chi connectivity index (χ4n) is 2.38. The molecule has 0 aliphatic heterocycles. The van der Waals surface area contributed by atoms with E-state index in [9.17, 15) is 9.59 Å². The zero-order chi connectivity index (χ0) is 19.6. The number of rotatable bonds is 9. The molecule has 0 aliphatic carbocycles. The SMILES string of the molecule is COCCNC(=O)c1ccccc1NC(=O)COc1ccc(C)cc1OC. The van der Waals surface area contributed by atoms with Crippen molar-refractivity contribution in [3.05, 3.63) is 53.6 Å². The van der Waals surface area contributed by atoms with Crippen LogP contribution in [0, 0.1) is 6.92 Å². The molecule has 0 spiro atoms. The van der Waals surface area contributed by atoms with Crippen LogP contribution in [0.3, 0.4) is 0 Å². The van der Waals surface area contributed by atoms with Gasteiger partial charge in [-0.3, -0.25) is 9.59 Å². The number of methoxy groups -OCH3 is 2. The number of carbonyl (C=O) groups excluding carboxylic acids is 2. The Morgan fingerprint density at radius 1 is 1.04 bits per heavy atom. The first-order valence-corrected chi connectivity index (χ1v) is 8.48. The molecule has 0 fully saturated rings. The molecule has 27 heavy (non-hydrogen) atoms. The van der Waals surface area contributed by atoms with Gasteiger partial charge in [0.15, 0.2) is 18.1 Å². The average molecular weight is 372 g/mol. The van der Waals surface area contributed by atoms with Crippen LogP contribution in [-0.2, 0) is 9.53 Å². The van der Waals surface area contributed by atoms with Gasteiger partial charge >= 0.3 is 0 Å². The quantitative estimate of drug-likeness (QED) is 0.660. The zero-order valence-electron chi connectivity index (χ0n) is 15.7. The molecule has 0 heterocycles. The van der Waals surface area contributed by atoms with Gasteiger partial charge in [-0.15, -0.1) is 0 Å². The van der Waals surface area contributed by atoms with Crippen molar-refractivity contribution in [3.63, 3.8) is 0 Å². The van der Waals surface area contributed by atoms with Gasteiger partial charge in [0.1, 0.15) is 0 Å². The largest absolute Gasteiger partial charge is 0.493 e. The number of para-hydroxylation sites is 1. The highest BCUT2D eigenvalue weighted by Gasteiger charge is 2.14. The second kappa shape index (κ2) is 10.2. The molecule has 0 saturated heterocycles. The number of aryl methyl sites for hydroxylation is 1. The monoisotopic (exact) mass is 372 g/mol. The summed E-state index contributed by atoms with van der Waals surface area (Å²) in [7, 11) is 3.10. The van der Waals surface area contributed by atoms with E-state index in [2.05, 4.69) is 10.6 Å². The highest BCUT2D eigenvalue weighted by Crippen LogP contribution is 2.27. The first-order valence-electron chi connectivity index (χ1n) is 8.48. The van der Waals surface area contributed by atoms with Gasteiger partial charge in [0.05, 0.1) is 25.0 Å². The molecule has 144 valence electrons. The minimum Gasteiger partial charge on any atom is -0.493 e. The fourth-order valence-corrected chi connectivity index (χ4v) is 2.38. The number of benzene rings is 2. The van der Waals surface area contributed by atoms with Gasteiger partial charge in [-0.1, -0.05) is 18.2 Å². The summed E-state index contributed by atoms with van der Waals surface area (Å²) in [6.07, 6.45) is 0. The molecule has 0 atom stereocenters. The van der Waals surface area contributed by atoms with Crippen molar-refractivity contribution >= 4 is 17.5 Å². The van der Waals surface area contributed by atoms with Crippen LogP contribution in [0.4, 0.5) is 5.69 Å². The standard InChI is InChI=1S/C20H24N2O5/c1-14-8-9-17(18(12-14)26-3)27-13-19(23)22-16-7-5-4-6-15(16)20(24)21-10-11-25-2/h4-9,12H,10-11,13H2,1-3H3,(H,21,24)(H,22,23). The number of nitrogens with one attached hydrogen (secondary N) is 2. The Bertz CT molecular complexity index is 792. The Morgan fingerprint density at radius 3 is 2.56 bits per heavy atom. The molecule has 0 bridgehead atoms. The normalized spacial score (nSPS) is 10.2. The van der Waals surface area contributed by atoms with Crippen molar-refractivity contribution in [1.82, 2.24) is 5.32 Å². The number of hydrogen-bond acceptors (Lipinski definition) is 5. The second-order valence-electron chi connectivity index (χ2n) is 5.79. The highest BCUT2D eigenvalue weighted by molar-refractivity contribution is 6.04. The summed E-state index contributed by atoms with van der Waals surface area (Å²) in [6, 6.07) is 12.2. The average Bonchev–Trinajstić information content (AvgIpc) is 2.67. The van der Waals surface area contributed by atoms with Crippen molar-refractivity contribution in [2.45, 2.75) is 6.92 Å². The summed E-state index contributed by atoms with van der Waals surface area (Å²) < 4.78 is 15.7. The van der Waals surface area contributed by atoms with Crippen molar-refractivity contribution in [2.75, 3.05) is 39.3 Å². The van der Waals surface area contributed by atoms with E-state index in [1.54, 1.807) is 44.6 Å². The molecule has 0 saturated carbocycles. The number of carbonyl (C=O) groups is 2. The molecule has 7 nitrogen and oxygen atoms in total. The topological polar surface area (TPSA) is 85.9 Å². The maximum Gasteiger partial charge on any atom is 0.262 e. The van der Waals surface area contributed by atoms with E-state index in [1.807, 2.05) is 19.1 Å². The molecule has 2 N–H and O–H groups in total. The van der Waals surface area contributed by atoms with Crippen LogP contribution in [0.15, 0.2) is 42.5 Å². The van der Waals surface area contributed by atoms with Crippen LogP contribution >= 0.6 is 0 Å². The first-order chi connectivity index (χ1) is 13.0. The van der Waals surface area contributed by atoms with Crippen LogP contribution in [0.25, 0.3) is 0 Å². The van der Waals surface area contributed by atoms with Crippen LogP contribution in [0.2, 0.25) is 0 Å². The lowest BCUT2D eigenvalue weighted by atomic mass is 10.1. The molecular weight excluding hydrogens is 348 g/mol.